The van der Waals surface area contributed by atoms with Crippen LogP contribution < -0.4 is 0 Å². The molecule has 0 bridgehead atoms. The number of carboxylic acids is 1. The molecule has 0 unspecified atom stereocenters. The average molecular weight is 298 g/mol. The van der Waals surface area contributed by atoms with Crippen molar-refractivity contribution in [1.29, 1.82) is 0 Å². The first-order chi connectivity index (χ1) is 10.7. The molecule has 2 aromatic rings. The Labute approximate surface area is 130 Å². The van der Waals surface area contributed by atoms with Gasteiger partial charge in [-0.05, 0) is 37.3 Å². The maximum absolute atomic E-state index is 11.2. The molecule has 1 saturated carbocycles. The summed E-state index contributed by atoms with van der Waals surface area (Å²) in [4.78, 5) is 11.2. The summed E-state index contributed by atoms with van der Waals surface area (Å²) in [6, 6.07) is 10.1. The molecule has 1 fully saturated rings. The Morgan fingerprint density at radius 2 is 1.91 bits per heavy atom. The van der Waals surface area contributed by atoms with Gasteiger partial charge in [-0.15, -0.1) is 0 Å². The highest BCUT2D eigenvalue weighted by atomic mass is 16.4. The zero-order valence-electron chi connectivity index (χ0n) is 13.0. The van der Waals surface area contributed by atoms with Gasteiger partial charge in [-0.25, -0.2) is 4.79 Å². The van der Waals surface area contributed by atoms with Gasteiger partial charge in [-0.2, -0.15) is 5.10 Å². The third-order valence-corrected chi connectivity index (χ3v) is 4.58. The second-order valence-corrected chi connectivity index (χ2v) is 5.99. The molecule has 0 saturated heterocycles. The largest absolute Gasteiger partial charge is 0.477 e. The van der Waals surface area contributed by atoms with Crippen LogP contribution in [0.5, 0.6) is 0 Å². The molecule has 3 rings (SSSR count). The van der Waals surface area contributed by atoms with Crippen LogP contribution in [0.4, 0.5) is 0 Å². The second kappa shape index (κ2) is 6.34. The Kier molecular flexibility index (Phi) is 4.27. The molecular formula is C18H22N2O2. The van der Waals surface area contributed by atoms with Crippen molar-refractivity contribution in [3.8, 4) is 11.3 Å². The lowest BCUT2D eigenvalue weighted by molar-refractivity contribution is 0.0683. The van der Waals surface area contributed by atoms with Crippen LogP contribution in [0.25, 0.3) is 11.3 Å². The van der Waals surface area contributed by atoms with E-state index < -0.39 is 5.97 Å². The van der Waals surface area contributed by atoms with Gasteiger partial charge in [0, 0.05) is 12.1 Å². The quantitative estimate of drug-likeness (QED) is 0.914. The fourth-order valence-corrected chi connectivity index (χ4v) is 3.33. The number of carbonyl (C=O) groups is 1. The first-order valence-electron chi connectivity index (χ1n) is 8.10. The summed E-state index contributed by atoms with van der Waals surface area (Å²) in [5.41, 5.74) is 3.36. The van der Waals surface area contributed by atoms with Gasteiger partial charge in [-0.3, -0.25) is 4.68 Å². The summed E-state index contributed by atoms with van der Waals surface area (Å²) in [6.45, 7) is 2.46. The summed E-state index contributed by atoms with van der Waals surface area (Å²) in [7, 11) is 0. The average Bonchev–Trinajstić information content (AvgIpc) is 3.00. The Bertz CT molecular complexity index is 652. The van der Waals surface area contributed by atoms with Crippen molar-refractivity contribution in [1.82, 2.24) is 9.78 Å². The standard InChI is InChI=1S/C18H22N2O2/c1-2-20-17(18(21)22)12-16(19-20)15-10-8-14(9-11-15)13-6-4-3-5-7-13/h8-13H,2-7H2,1H3,(H,21,22). The predicted molar refractivity (Wildman–Crippen MR) is 86.1 cm³/mol. The Hall–Kier alpha value is -2.10. The van der Waals surface area contributed by atoms with Gasteiger partial charge < -0.3 is 5.11 Å². The number of aryl methyl sites for hydroxylation is 1. The van der Waals surface area contributed by atoms with E-state index >= 15 is 0 Å². The Balaban J connectivity index is 1.84. The minimum atomic E-state index is -0.931. The van der Waals surface area contributed by atoms with Crippen molar-refractivity contribution in [2.45, 2.75) is 51.5 Å². The summed E-state index contributed by atoms with van der Waals surface area (Å²) in [5, 5.41) is 13.6. The molecule has 22 heavy (non-hydrogen) atoms. The van der Waals surface area contributed by atoms with Gasteiger partial charge in [0.1, 0.15) is 5.69 Å². The molecule has 1 heterocycles. The highest BCUT2D eigenvalue weighted by Gasteiger charge is 2.17. The summed E-state index contributed by atoms with van der Waals surface area (Å²) in [6.07, 6.45) is 6.59. The van der Waals surface area contributed by atoms with Crippen LogP contribution in [0, 0.1) is 0 Å². The molecule has 4 nitrogen and oxygen atoms in total. The minimum absolute atomic E-state index is 0.244. The molecule has 0 atom stereocenters. The molecule has 1 aromatic heterocycles. The number of aromatic carboxylic acids is 1. The normalized spacial score (nSPS) is 15.9. The van der Waals surface area contributed by atoms with Gasteiger partial charge >= 0.3 is 5.97 Å². The van der Waals surface area contributed by atoms with E-state index in [2.05, 4.69) is 29.4 Å². The monoisotopic (exact) mass is 298 g/mol. The highest BCUT2D eigenvalue weighted by molar-refractivity contribution is 5.87. The fourth-order valence-electron chi connectivity index (χ4n) is 3.33. The van der Waals surface area contributed by atoms with Crippen LogP contribution in [0.3, 0.4) is 0 Å². The maximum atomic E-state index is 11.2. The molecule has 4 heteroatoms. The third kappa shape index (κ3) is 2.91. The maximum Gasteiger partial charge on any atom is 0.354 e. The van der Waals surface area contributed by atoms with E-state index in [1.54, 1.807) is 6.07 Å². The van der Waals surface area contributed by atoms with Gasteiger partial charge in [0.15, 0.2) is 0 Å². The molecule has 0 amide bonds. The zero-order chi connectivity index (χ0) is 15.5. The Morgan fingerprint density at radius 1 is 1.23 bits per heavy atom. The van der Waals surface area contributed by atoms with E-state index in [0.717, 1.165) is 11.3 Å². The van der Waals surface area contributed by atoms with E-state index in [9.17, 15) is 9.90 Å². The van der Waals surface area contributed by atoms with E-state index in [0.29, 0.717) is 12.5 Å². The molecule has 1 N–H and O–H groups in total. The predicted octanol–water partition coefficient (Wildman–Crippen LogP) is 4.32. The number of aromatic nitrogens is 2. The molecule has 116 valence electrons. The van der Waals surface area contributed by atoms with E-state index in [1.165, 1.54) is 42.3 Å². The molecule has 0 radical (unpaired) electrons. The first kappa shape index (κ1) is 14.8. The molecular weight excluding hydrogens is 276 g/mol. The topological polar surface area (TPSA) is 55.1 Å². The lowest BCUT2D eigenvalue weighted by atomic mass is 9.84. The van der Waals surface area contributed by atoms with E-state index in [-0.39, 0.29) is 5.69 Å². The fraction of sp³-hybridized carbons (Fsp3) is 0.444. The summed E-state index contributed by atoms with van der Waals surface area (Å²) < 4.78 is 1.53. The van der Waals surface area contributed by atoms with Crippen molar-refractivity contribution in [2.24, 2.45) is 0 Å². The van der Waals surface area contributed by atoms with Crippen molar-refractivity contribution in [3.05, 3.63) is 41.6 Å². The van der Waals surface area contributed by atoms with E-state index in [1.807, 2.05) is 6.92 Å². The minimum Gasteiger partial charge on any atom is -0.477 e. The van der Waals surface area contributed by atoms with Gasteiger partial charge in [-0.1, -0.05) is 43.5 Å². The van der Waals surface area contributed by atoms with Crippen LogP contribution in [-0.4, -0.2) is 20.9 Å². The summed E-state index contributed by atoms with van der Waals surface area (Å²) >= 11 is 0. The Morgan fingerprint density at radius 3 is 2.45 bits per heavy atom. The van der Waals surface area contributed by atoms with Crippen LogP contribution in [0.2, 0.25) is 0 Å². The molecule has 1 aromatic carbocycles. The number of hydrogen-bond acceptors (Lipinski definition) is 2. The van der Waals surface area contributed by atoms with Gasteiger partial charge in [0.25, 0.3) is 0 Å². The zero-order valence-corrected chi connectivity index (χ0v) is 13.0. The number of benzene rings is 1. The lowest BCUT2D eigenvalue weighted by Crippen LogP contribution is -2.08. The van der Waals surface area contributed by atoms with Crippen LogP contribution in [-0.2, 0) is 6.54 Å². The summed E-state index contributed by atoms with van der Waals surface area (Å²) in [5.74, 6) is -0.245. The second-order valence-electron chi connectivity index (χ2n) is 5.99. The number of rotatable bonds is 4. The molecule has 1 aliphatic rings. The van der Waals surface area contributed by atoms with Crippen molar-refractivity contribution < 1.29 is 9.90 Å². The molecule has 1 aliphatic carbocycles. The molecule has 0 aliphatic heterocycles. The van der Waals surface area contributed by atoms with Crippen molar-refractivity contribution in [2.75, 3.05) is 0 Å². The number of hydrogen-bond donors (Lipinski definition) is 1. The smallest absolute Gasteiger partial charge is 0.354 e. The van der Waals surface area contributed by atoms with Crippen LogP contribution in [0.15, 0.2) is 30.3 Å². The number of carboxylic acid groups (broad SMARTS) is 1. The molecule has 0 spiro atoms. The SMILES string of the molecule is CCn1nc(-c2ccc(C3CCCCC3)cc2)cc1C(=O)O. The van der Waals surface area contributed by atoms with Crippen LogP contribution >= 0.6 is 0 Å². The van der Waals surface area contributed by atoms with Crippen molar-refractivity contribution >= 4 is 5.97 Å². The number of nitrogens with zero attached hydrogens (tertiary/aromatic N) is 2. The van der Waals surface area contributed by atoms with Crippen molar-refractivity contribution in [3.63, 3.8) is 0 Å². The van der Waals surface area contributed by atoms with Gasteiger partial charge in [0.05, 0.1) is 5.69 Å². The highest BCUT2D eigenvalue weighted by Crippen LogP contribution is 2.33. The third-order valence-electron chi connectivity index (χ3n) is 4.58. The van der Waals surface area contributed by atoms with Gasteiger partial charge in [0.2, 0.25) is 0 Å². The van der Waals surface area contributed by atoms with E-state index in [4.69, 9.17) is 0 Å². The lowest BCUT2D eigenvalue weighted by Gasteiger charge is -2.22. The first-order valence-corrected chi connectivity index (χ1v) is 8.10. The van der Waals surface area contributed by atoms with Crippen LogP contribution in [0.1, 0.15) is 61.0 Å².